The molecule has 2 aromatic rings. The summed E-state index contributed by atoms with van der Waals surface area (Å²) in [4.78, 5) is 21.8. The van der Waals surface area contributed by atoms with Gasteiger partial charge in [0.15, 0.2) is 17.4 Å². The molecule has 0 aliphatic heterocycles. The third-order valence-corrected chi connectivity index (χ3v) is 3.18. The third kappa shape index (κ3) is 4.25. The minimum absolute atomic E-state index is 0.0800. The van der Waals surface area contributed by atoms with Crippen LogP contribution in [0, 0.1) is 21.7 Å². The van der Waals surface area contributed by atoms with Crippen LogP contribution in [0.3, 0.4) is 0 Å². The lowest BCUT2D eigenvalue weighted by atomic mass is 10.1. The Kier molecular flexibility index (Phi) is 5.41. The molecular weight excluding hydrogens is 322 g/mol. The van der Waals surface area contributed by atoms with Gasteiger partial charge in [0, 0.05) is 24.2 Å². The molecule has 24 heavy (non-hydrogen) atoms. The lowest BCUT2D eigenvalue weighted by molar-refractivity contribution is -0.384. The molecule has 2 aromatic carbocycles. The lowest BCUT2D eigenvalue weighted by Gasteiger charge is -2.10. The zero-order chi connectivity index (χ0) is 17.7. The van der Waals surface area contributed by atoms with Crippen molar-refractivity contribution in [3.05, 3.63) is 63.7 Å². The fraction of sp³-hybridized carbons (Fsp3) is 0.188. The van der Waals surface area contributed by atoms with E-state index in [0.717, 1.165) is 12.1 Å². The number of nitrogens with one attached hydrogen (secondary N) is 1. The Hall–Kier alpha value is -3.03. The van der Waals surface area contributed by atoms with Crippen molar-refractivity contribution < 1.29 is 23.2 Å². The van der Waals surface area contributed by atoms with Gasteiger partial charge in [0.25, 0.3) is 5.69 Å². The molecule has 1 N–H and O–H groups in total. The Morgan fingerprint density at radius 3 is 2.58 bits per heavy atom. The molecule has 0 fully saturated rings. The summed E-state index contributed by atoms with van der Waals surface area (Å²) in [5, 5.41) is 13.9. The SMILES string of the molecule is CC(=O)c1ccc(NCCOc2ccc(F)c(F)c2)c([N+](=O)[O-])c1. The predicted octanol–water partition coefficient (Wildman–Crippen LogP) is 3.57. The summed E-state index contributed by atoms with van der Waals surface area (Å²) in [5.74, 6) is -2.11. The number of ketones is 1. The van der Waals surface area contributed by atoms with Crippen LogP contribution in [0.2, 0.25) is 0 Å². The average Bonchev–Trinajstić information content (AvgIpc) is 2.54. The van der Waals surface area contributed by atoms with Crippen LogP contribution in [-0.4, -0.2) is 23.9 Å². The van der Waals surface area contributed by atoms with E-state index in [0.29, 0.717) is 0 Å². The van der Waals surface area contributed by atoms with Crippen LogP contribution >= 0.6 is 0 Å². The number of nitrogens with zero attached hydrogens (tertiary/aromatic N) is 1. The smallest absolute Gasteiger partial charge is 0.293 e. The molecule has 0 spiro atoms. The Morgan fingerprint density at radius 1 is 1.21 bits per heavy atom. The highest BCUT2D eigenvalue weighted by Crippen LogP contribution is 2.25. The van der Waals surface area contributed by atoms with Gasteiger partial charge in [-0.2, -0.15) is 0 Å². The molecule has 0 unspecified atom stereocenters. The van der Waals surface area contributed by atoms with E-state index in [-0.39, 0.29) is 41.6 Å². The molecular formula is C16H14F2N2O4. The molecule has 0 aromatic heterocycles. The number of Topliss-reactive ketones (excluding diaryl/α,β-unsaturated/α-hetero) is 1. The number of nitro groups is 1. The summed E-state index contributed by atoms with van der Waals surface area (Å²) >= 11 is 0. The van der Waals surface area contributed by atoms with Gasteiger partial charge in [0.1, 0.15) is 18.0 Å². The number of benzene rings is 2. The number of halogens is 2. The van der Waals surface area contributed by atoms with Crippen LogP contribution in [0.4, 0.5) is 20.2 Å². The highest BCUT2D eigenvalue weighted by molar-refractivity contribution is 5.95. The number of nitro benzene ring substituents is 1. The minimum Gasteiger partial charge on any atom is -0.492 e. The van der Waals surface area contributed by atoms with Crippen molar-refractivity contribution in [1.82, 2.24) is 0 Å². The van der Waals surface area contributed by atoms with E-state index < -0.39 is 16.6 Å². The molecule has 0 amide bonds. The number of carbonyl (C=O) groups is 1. The number of hydrogen-bond acceptors (Lipinski definition) is 5. The minimum atomic E-state index is -1.02. The molecule has 8 heteroatoms. The maximum Gasteiger partial charge on any atom is 0.293 e. The van der Waals surface area contributed by atoms with Crippen molar-refractivity contribution in [2.24, 2.45) is 0 Å². The molecule has 6 nitrogen and oxygen atoms in total. The first-order chi connectivity index (χ1) is 11.4. The summed E-state index contributed by atoms with van der Waals surface area (Å²) in [7, 11) is 0. The summed E-state index contributed by atoms with van der Waals surface area (Å²) in [6.07, 6.45) is 0. The molecule has 0 atom stereocenters. The number of anilines is 1. The van der Waals surface area contributed by atoms with E-state index in [1.165, 1.54) is 31.2 Å². The van der Waals surface area contributed by atoms with Crippen molar-refractivity contribution in [2.75, 3.05) is 18.5 Å². The van der Waals surface area contributed by atoms with E-state index in [1.807, 2.05) is 0 Å². The van der Waals surface area contributed by atoms with Gasteiger partial charge in [0.2, 0.25) is 0 Å². The summed E-state index contributed by atoms with van der Waals surface area (Å²) in [6, 6.07) is 7.26. The predicted molar refractivity (Wildman–Crippen MR) is 83.4 cm³/mol. The van der Waals surface area contributed by atoms with E-state index >= 15 is 0 Å². The van der Waals surface area contributed by atoms with Gasteiger partial charge in [-0.05, 0) is 31.2 Å². The van der Waals surface area contributed by atoms with E-state index in [9.17, 15) is 23.7 Å². The first-order valence-corrected chi connectivity index (χ1v) is 6.99. The van der Waals surface area contributed by atoms with Gasteiger partial charge in [-0.3, -0.25) is 14.9 Å². The maximum absolute atomic E-state index is 13.0. The second kappa shape index (κ2) is 7.49. The average molecular weight is 336 g/mol. The molecule has 0 bridgehead atoms. The summed E-state index contributed by atoms with van der Waals surface area (Å²) in [5.41, 5.74) is 0.250. The van der Waals surface area contributed by atoms with E-state index in [4.69, 9.17) is 4.74 Å². The van der Waals surface area contributed by atoms with E-state index in [2.05, 4.69) is 5.32 Å². The van der Waals surface area contributed by atoms with Gasteiger partial charge in [-0.15, -0.1) is 0 Å². The first-order valence-electron chi connectivity index (χ1n) is 6.99. The number of carbonyl (C=O) groups excluding carboxylic acids is 1. The fourth-order valence-corrected chi connectivity index (χ4v) is 1.97. The molecule has 0 aliphatic carbocycles. The second-order valence-corrected chi connectivity index (χ2v) is 4.90. The highest BCUT2D eigenvalue weighted by Gasteiger charge is 2.15. The quantitative estimate of drug-likeness (QED) is 0.362. The van der Waals surface area contributed by atoms with Crippen molar-refractivity contribution in [3.63, 3.8) is 0 Å². The third-order valence-electron chi connectivity index (χ3n) is 3.18. The number of hydrogen-bond donors (Lipinski definition) is 1. The Labute approximate surface area is 136 Å². The standard InChI is InChI=1S/C16H14F2N2O4/c1-10(21)11-2-5-15(16(8-11)20(22)23)19-6-7-24-12-3-4-13(17)14(18)9-12/h2-5,8-9,19H,6-7H2,1H3. The topological polar surface area (TPSA) is 81.5 Å². The molecule has 126 valence electrons. The summed E-state index contributed by atoms with van der Waals surface area (Å²) < 4.78 is 31.0. The zero-order valence-electron chi connectivity index (χ0n) is 12.7. The van der Waals surface area contributed by atoms with Crippen molar-refractivity contribution in [1.29, 1.82) is 0 Å². The van der Waals surface area contributed by atoms with Gasteiger partial charge in [-0.25, -0.2) is 8.78 Å². The number of rotatable bonds is 7. The van der Waals surface area contributed by atoms with Crippen LogP contribution in [0.5, 0.6) is 5.75 Å². The van der Waals surface area contributed by atoms with Crippen molar-refractivity contribution in [3.8, 4) is 5.75 Å². The zero-order valence-corrected chi connectivity index (χ0v) is 12.7. The molecule has 0 saturated heterocycles. The van der Waals surface area contributed by atoms with Crippen molar-refractivity contribution >= 4 is 17.2 Å². The largest absolute Gasteiger partial charge is 0.492 e. The maximum atomic E-state index is 13.0. The van der Waals surface area contributed by atoms with Crippen LogP contribution < -0.4 is 10.1 Å². The summed E-state index contributed by atoms with van der Waals surface area (Å²) in [6.45, 7) is 1.60. The molecule has 0 aliphatic rings. The lowest BCUT2D eigenvalue weighted by Crippen LogP contribution is -2.13. The van der Waals surface area contributed by atoms with Crippen LogP contribution in [0.25, 0.3) is 0 Å². The molecule has 2 rings (SSSR count). The van der Waals surface area contributed by atoms with Gasteiger partial charge in [0.05, 0.1) is 4.92 Å². The number of ether oxygens (including phenoxy) is 1. The Balaban J connectivity index is 1.97. The van der Waals surface area contributed by atoms with Crippen molar-refractivity contribution in [2.45, 2.75) is 6.92 Å². The molecule has 0 saturated carbocycles. The van der Waals surface area contributed by atoms with Gasteiger partial charge >= 0.3 is 0 Å². The Morgan fingerprint density at radius 2 is 1.96 bits per heavy atom. The van der Waals surface area contributed by atoms with E-state index in [1.54, 1.807) is 0 Å². The van der Waals surface area contributed by atoms with Crippen LogP contribution in [0.15, 0.2) is 36.4 Å². The fourth-order valence-electron chi connectivity index (χ4n) is 1.97. The molecule has 0 radical (unpaired) electrons. The highest BCUT2D eigenvalue weighted by atomic mass is 19.2. The molecule has 0 heterocycles. The second-order valence-electron chi connectivity index (χ2n) is 4.90. The van der Waals surface area contributed by atoms with Gasteiger partial charge in [-0.1, -0.05) is 0 Å². The normalized spacial score (nSPS) is 10.3. The van der Waals surface area contributed by atoms with Crippen LogP contribution in [0.1, 0.15) is 17.3 Å². The van der Waals surface area contributed by atoms with Crippen LogP contribution in [-0.2, 0) is 0 Å². The Bertz CT molecular complexity index is 781. The monoisotopic (exact) mass is 336 g/mol. The van der Waals surface area contributed by atoms with Gasteiger partial charge < -0.3 is 10.1 Å². The first kappa shape index (κ1) is 17.3.